The van der Waals surface area contributed by atoms with Gasteiger partial charge < -0.3 is 18.8 Å². The van der Waals surface area contributed by atoms with E-state index >= 15 is 0 Å². The van der Waals surface area contributed by atoms with Crippen LogP contribution in [0, 0.1) is 0 Å². The summed E-state index contributed by atoms with van der Waals surface area (Å²) in [4.78, 5) is 11.4. The molecule has 21 heavy (non-hydrogen) atoms. The third kappa shape index (κ3) is 3.18. The van der Waals surface area contributed by atoms with Crippen LogP contribution in [0.4, 0.5) is 0 Å². The molecule has 5 nitrogen and oxygen atoms in total. The Hall–Kier alpha value is -2.43. The molecule has 0 saturated carbocycles. The number of methoxy groups -OCH3 is 2. The van der Waals surface area contributed by atoms with E-state index in [-0.39, 0.29) is 5.97 Å². The molecule has 2 aromatic rings. The summed E-state index contributed by atoms with van der Waals surface area (Å²) in [6.07, 6.45) is 1.94. The number of carbonyl (C=O) groups is 1. The maximum Gasteiger partial charge on any atom is 0.333 e. The van der Waals surface area contributed by atoms with Crippen LogP contribution in [0.3, 0.4) is 0 Å². The van der Waals surface area contributed by atoms with Crippen molar-refractivity contribution in [2.45, 2.75) is 13.5 Å². The average molecular weight is 289 g/mol. The summed E-state index contributed by atoms with van der Waals surface area (Å²) in [6, 6.07) is 5.82. The fourth-order valence-electron chi connectivity index (χ4n) is 2.07. The molecule has 5 heteroatoms. The van der Waals surface area contributed by atoms with Crippen molar-refractivity contribution in [1.82, 2.24) is 4.57 Å². The Kier molecular flexibility index (Phi) is 4.52. The van der Waals surface area contributed by atoms with Crippen LogP contribution in [-0.4, -0.2) is 31.4 Å². The number of aromatic nitrogens is 1. The van der Waals surface area contributed by atoms with Crippen molar-refractivity contribution in [3.8, 4) is 11.5 Å². The Morgan fingerprint density at radius 1 is 1.24 bits per heavy atom. The van der Waals surface area contributed by atoms with Crippen molar-refractivity contribution in [3.05, 3.63) is 36.5 Å². The lowest BCUT2D eigenvalue weighted by molar-refractivity contribution is -0.139. The van der Waals surface area contributed by atoms with Gasteiger partial charge in [0.2, 0.25) is 0 Å². The third-order valence-corrected chi connectivity index (χ3v) is 3.19. The van der Waals surface area contributed by atoms with E-state index in [4.69, 9.17) is 14.2 Å². The minimum Gasteiger partial charge on any atom is -0.493 e. The summed E-state index contributed by atoms with van der Waals surface area (Å²) in [5, 5.41) is 1.04. The van der Waals surface area contributed by atoms with E-state index < -0.39 is 0 Å². The lowest BCUT2D eigenvalue weighted by Crippen LogP contribution is -2.11. The molecule has 1 aromatic carbocycles. The van der Waals surface area contributed by atoms with E-state index in [0.29, 0.717) is 30.2 Å². The molecular weight excluding hydrogens is 270 g/mol. The van der Waals surface area contributed by atoms with Gasteiger partial charge in [-0.2, -0.15) is 0 Å². The van der Waals surface area contributed by atoms with Crippen molar-refractivity contribution in [3.63, 3.8) is 0 Å². The molecule has 0 aliphatic carbocycles. The zero-order valence-electron chi connectivity index (χ0n) is 12.5. The van der Waals surface area contributed by atoms with Crippen LogP contribution in [0.25, 0.3) is 10.9 Å². The third-order valence-electron chi connectivity index (χ3n) is 3.19. The van der Waals surface area contributed by atoms with Crippen LogP contribution in [-0.2, 0) is 16.1 Å². The van der Waals surface area contributed by atoms with Crippen molar-refractivity contribution in [2.75, 3.05) is 20.8 Å². The van der Waals surface area contributed by atoms with Gasteiger partial charge in [0.15, 0.2) is 11.5 Å². The number of fused-ring (bicyclic) bond motifs is 1. The van der Waals surface area contributed by atoms with E-state index in [1.807, 2.05) is 29.0 Å². The second-order valence-corrected chi connectivity index (χ2v) is 4.69. The quantitative estimate of drug-likeness (QED) is 0.606. The minimum atomic E-state index is -0.370. The summed E-state index contributed by atoms with van der Waals surface area (Å²) in [5.41, 5.74) is 1.40. The number of ether oxygens (including phenoxy) is 3. The Balaban J connectivity index is 2.17. The van der Waals surface area contributed by atoms with E-state index in [1.165, 1.54) is 0 Å². The average Bonchev–Trinajstić information content (AvgIpc) is 2.87. The number of nitrogens with zero attached hydrogens (tertiary/aromatic N) is 1. The molecule has 0 amide bonds. The van der Waals surface area contributed by atoms with Crippen LogP contribution in [0.1, 0.15) is 6.92 Å². The normalized spacial score (nSPS) is 10.4. The summed E-state index contributed by atoms with van der Waals surface area (Å²) < 4.78 is 17.7. The van der Waals surface area contributed by atoms with Gasteiger partial charge in [-0.15, -0.1) is 0 Å². The molecule has 0 atom stereocenters. The van der Waals surface area contributed by atoms with Crippen LogP contribution >= 0.6 is 0 Å². The smallest absolute Gasteiger partial charge is 0.333 e. The molecule has 2 rings (SSSR count). The van der Waals surface area contributed by atoms with Crippen LogP contribution in [0.2, 0.25) is 0 Å². The number of carbonyl (C=O) groups excluding carboxylic acids is 1. The first-order valence-electron chi connectivity index (χ1n) is 6.60. The fourth-order valence-corrected chi connectivity index (χ4v) is 2.07. The molecular formula is C16H19NO4. The lowest BCUT2D eigenvalue weighted by atomic mass is 10.2. The molecule has 0 radical (unpaired) electrons. The minimum absolute atomic E-state index is 0.295. The largest absolute Gasteiger partial charge is 0.493 e. The highest BCUT2D eigenvalue weighted by atomic mass is 16.5. The van der Waals surface area contributed by atoms with Crippen LogP contribution in [0.15, 0.2) is 36.5 Å². The predicted molar refractivity (Wildman–Crippen MR) is 80.8 cm³/mol. The monoisotopic (exact) mass is 289 g/mol. The molecule has 0 bridgehead atoms. The molecule has 0 fully saturated rings. The molecule has 1 heterocycles. The first-order valence-corrected chi connectivity index (χ1v) is 6.60. The van der Waals surface area contributed by atoms with Gasteiger partial charge >= 0.3 is 5.97 Å². The number of rotatable bonds is 6. The topological polar surface area (TPSA) is 49.7 Å². The Morgan fingerprint density at radius 2 is 1.90 bits per heavy atom. The molecule has 0 aliphatic rings. The highest BCUT2D eigenvalue weighted by Gasteiger charge is 2.10. The first kappa shape index (κ1) is 15.0. The molecule has 0 unspecified atom stereocenters. The zero-order valence-corrected chi connectivity index (χ0v) is 12.5. The second-order valence-electron chi connectivity index (χ2n) is 4.69. The predicted octanol–water partition coefficient (Wildman–Crippen LogP) is 2.78. The summed E-state index contributed by atoms with van der Waals surface area (Å²) in [7, 11) is 3.21. The number of benzene rings is 1. The first-order chi connectivity index (χ1) is 10.1. The van der Waals surface area contributed by atoms with Gasteiger partial charge in [0.05, 0.1) is 26.3 Å². The van der Waals surface area contributed by atoms with Crippen molar-refractivity contribution in [1.29, 1.82) is 0 Å². The van der Waals surface area contributed by atoms with E-state index in [1.54, 1.807) is 21.1 Å². The van der Waals surface area contributed by atoms with E-state index in [2.05, 4.69) is 6.58 Å². The number of hydrogen-bond donors (Lipinski definition) is 0. The summed E-state index contributed by atoms with van der Waals surface area (Å²) in [6.45, 7) is 6.04. The van der Waals surface area contributed by atoms with Gasteiger partial charge in [-0.1, -0.05) is 6.58 Å². The maximum atomic E-state index is 11.4. The Bertz CT molecular complexity index is 672. The van der Waals surface area contributed by atoms with E-state index in [9.17, 15) is 4.79 Å². The number of hydrogen-bond acceptors (Lipinski definition) is 4. The van der Waals surface area contributed by atoms with Crippen molar-refractivity contribution < 1.29 is 19.0 Å². The zero-order chi connectivity index (χ0) is 15.4. The van der Waals surface area contributed by atoms with Crippen molar-refractivity contribution >= 4 is 16.9 Å². The van der Waals surface area contributed by atoms with E-state index in [0.717, 1.165) is 10.9 Å². The van der Waals surface area contributed by atoms with Gasteiger partial charge in [-0.05, 0) is 19.1 Å². The molecule has 0 saturated heterocycles. The SMILES string of the molecule is C=C(C)C(=O)OCCn1ccc2cc(OC)c(OC)cc21. The Morgan fingerprint density at radius 3 is 2.52 bits per heavy atom. The van der Waals surface area contributed by atoms with Gasteiger partial charge in [-0.25, -0.2) is 4.79 Å². The number of esters is 1. The summed E-state index contributed by atoms with van der Waals surface area (Å²) >= 11 is 0. The van der Waals surface area contributed by atoms with Gasteiger partial charge in [-0.3, -0.25) is 0 Å². The van der Waals surface area contributed by atoms with Crippen molar-refractivity contribution in [2.24, 2.45) is 0 Å². The molecule has 0 aliphatic heterocycles. The molecule has 0 N–H and O–H groups in total. The molecule has 1 aromatic heterocycles. The second kappa shape index (κ2) is 6.35. The molecule has 0 spiro atoms. The van der Waals surface area contributed by atoms with Gasteiger partial charge in [0, 0.05) is 23.2 Å². The highest BCUT2D eigenvalue weighted by molar-refractivity contribution is 5.87. The lowest BCUT2D eigenvalue weighted by Gasteiger charge is -2.10. The standard InChI is InChI=1S/C16H19NO4/c1-11(2)16(18)21-8-7-17-6-5-12-9-14(19-3)15(20-4)10-13(12)17/h5-6,9-10H,1,7-8H2,2-4H3. The summed E-state index contributed by atoms with van der Waals surface area (Å²) in [5.74, 6) is 0.992. The van der Waals surface area contributed by atoms with Gasteiger partial charge in [0.25, 0.3) is 0 Å². The maximum absolute atomic E-state index is 11.4. The van der Waals surface area contributed by atoms with Crippen LogP contribution in [0.5, 0.6) is 11.5 Å². The molecule has 112 valence electrons. The van der Waals surface area contributed by atoms with Crippen LogP contribution < -0.4 is 9.47 Å². The fraction of sp³-hybridized carbons (Fsp3) is 0.312. The highest BCUT2D eigenvalue weighted by Crippen LogP contribution is 2.32. The Labute approximate surface area is 123 Å². The van der Waals surface area contributed by atoms with Gasteiger partial charge in [0.1, 0.15) is 6.61 Å².